The molecule has 0 saturated heterocycles. The standard InChI is InChI=1S/C16H22N2O2/c1-3-5-7-13(4-2)11-19-15-9-6-8-14(10-15)16-17-12-18-20-16/h6,8-10,12-13H,3-5,7,11H2,1-2H3. The van der Waals surface area contributed by atoms with Crippen molar-refractivity contribution in [2.24, 2.45) is 5.92 Å². The summed E-state index contributed by atoms with van der Waals surface area (Å²) in [7, 11) is 0. The molecule has 0 saturated carbocycles. The zero-order valence-electron chi connectivity index (χ0n) is 12.2. The molecule has 4 nitrogen and oxygen atoms in total. The Morgan fingerprint density at radius 1 is 1.30 bits per heavy atom. The van der Waals surface area contributed by atoms with Crippen molar-refractivity contribution in [1.82, 2.24) is 10.1 Å². The smallest absolute Gasteiger partial charge is 0.257 e. The fourth-order valence-corrected chi connectivity index (χ4v) is 2.13. The van der Waals surface area contributed by atoms with Gasteiger partial charge in [-0.1, -0.05) is 44.3 Å². The number of rotatable bonds is 8. The molecule has 1 aromatic carbocycles. The van der Waals surface area contributed by atoms with Crippen LogP contribution in [0.2, 0.25) is 0 Å². The fraction of sp³-hybridized carbons (Fsp3) is 0.500. The van der Waals surface area contributed by atoms with Crippen LogP contribution in [-0.2, 0) is 0 Å². The van der Waals surface area contributed by atoms with Crippen LogP contribution in [0.3, 0.4) is 0 Å². The SMILES string of the molecule is CCCCC(CC)COc1cccc(-c2ncno2)c1. The van der Waals surface area contributed by atoms with Crippen LogP contribution in [0.25, 0.3) is 11.5 Å². The van der Waals surface area contributed by atoms with Crippen molar-refractivity contribution >= 4 is 0 Å². The summed E-state index contributed by atoms with van der Waals surface area (Å²) in [5.41, 5.74) is 0.890. The highest BCUT2D eigenvalue weighted by Crippen LogP contribution is 2.23. The van der Waals surface area contributed by atoms with Gasteiger partial charge in [-0.05, 0) is 30.5 Å². The van der Waals surface area contributed by atoms with E-state index < -0.39 is 0 Å². The monoisotopic (exact) mass is 274 g/mol. The lowest BCUT2D eigenvalue weighted by Crippen LogP contribution is -2.11. The van der Waals surface area contributed by atoms with Gasteiger partial charge in [-0.25, -0.2) is 0 Å². The van der Waals surface area contributed by atoms with E-state index in [2.05, 4.69) is 24.0 Å². The van der Waals surface area contributed by atoms with Crippen LogP contribution in [0.1, 0.15) is 39.5 Å². The first-order chi connectivity index (χ1) is 9.83. The second-order valence-electron chi connectivity index (χ2n) is 5.00. The number of unbranched alkanes of at least 4 members (excludes halogenated alkanes) is 1. The average Bonchev–Trinajstić information content (AvgIpc) is 3.02. The predicted octanol–water partition coefficient (Wildman–Crippen LogP) is 4.33. The molecule has 1 heterocycles. The van der Waals surface area contributed by atoms with Crippen LogP contribution in [-0.4, -0.2) is 16.7 Å². The molecule has 0 N–H and O–H groups in total. The van der Waals surface area contributed by atoms with Crippen molar-refractivity contribution in [3.8, 4) is 17.2 Å². The molecule has 108 valence electrons. The summed E-state index contributed by atoms with van der Waals surface area (Å²) in [5, 5.41) is 3.62. The zero-order chi connectivity index (χ0) is 14.2. The van der Waals surface area contributed by atoms with Gasteiger partial charge in [-0.2, -0.15) is 4.98 Å². The van der Waals surface area contributed by atoms with Crippen molar-refractivity contribution in [3.63, 3.8) is 0 Å². The summed E-state index contributed by atoms with van der Waals surface area (Å²) in [6, 6.07) is 7.79. The molecule has 0 aliphatic heterocycles. The lowest BCUT2D eigenvalue weighted by molar-refractivity contribution is 0.233. The maximum absolute atomic E-state index is 5.90. The topological polar surface area (TPSA) is 48.2 Å². The molecule has 0 aliphatic carbocycles. The summed E-state index contributed by atoms with van der Waals surface area (Å²) in [5.74, 6) is 2.01. The molecule has 4 heteroatoms. The quantitative estimate of drug-likeness (QED) is 0.718. The van der Waals surface area contributed by atoms with Crippen LogP contribution < -0.4 is 4.74 Å². The van der Waals surface area contributed by atoms with E-state index in [9.17, 15) is 0 Å². The second-order valence-corrected chi connectivity index (χ2v) is 5.00. The van der Waals surface area contributed by atoms with E-state index in [1.807, 2.05) is 24.3 Å². The van der Waals surface area contributed by atoms with Gasteiger partial charge in [0.25, 0.3) is 5.89 Å². The number of hydrogen-bond acceptors (Lipinski definition) is 4. The van der Waals surface area contributed by atoms with Gasteiger partial charge in [0.05, 0.1) is 6.61 Å². The third-order valence-corrected chi connectivity index (χ3v) is 3.47. The third-order valence-electron chi connectivity index (χ3n) is 3.47. The average molecular weight is 274 g/mol. The first kappa shape index (κ1) is 14.6. The maximum atomic E-state index is 5.90. The van der Waals surface area contributed by atoms with Crippen LogP contribution in [0, 0.1) is 5.92 Å². The lowest BCUT2D eigenvalue weighted by atomic mass is 10.0. The maximum Gasteiger partial charge on any atom is 0.257 e. The van der Waals surface area contributed by atoms with Crippen molar-refractivity contribution in [1.29, 1.82) is 0 Å². The highest BCUT2D eigenvalue weighted by atomic mass is 16.5. The van der Waals surface area contributed by atoms with E-state index in [1.54, 1.807) is 0 Å². The Morgan fingerprint density at radius 3 is 2.90 bits per heavy atom. The van der Waals surface area contributed by atoms with E-state index >= 15 is 0 Å². The number of hydrogen-bond donors (Lipinski definition) is 0. The Bertz CT molecular complexity index is 497. The number of ether oxygens (including phenoxy) is 1. The second kappa shape index (κ2) is 7.68. The van der Waals surface area contributed by atoms with Gasteiger partial charge in [0.1, 0.15) is 5.75 Å². The fourth-order valence-electron chi connectivity index (χ4n) is 2.13. The lowest BCUT2D eigenvalue weighted by Gasteiger charge is -2.15. The van der Waals surface area contributed by atoms with E-state index in [4.69, 9.17) is 9.26 Å². The molecule has 1 unspecified atom stereocenters. The Balaban J connectivity index is 1.94. The van der Waals surface area contributed by atoms with E-state index in [1.165, 1.54) is 25.6 Å². The molecule has 0 fully saturated rings. The largest absolute Gasteiger partial charge is 0.493 e. The highest BCUT2D eigenvalue weighted by Gasteiger charge is 2.08. The highest BCUT2D eigenvalue weighted by molar-refractivity contribution is 5.55. The normalized spacial score (nSPS) is 12.3. The number of nitrogens with zero attached hydrogens (tertiary/aromatic N) is 2. The van der Waals surface area contributed by atoms with Gasteiger partial charge in [0.2, 0.25) is 0 Å². The Labute approximate surface area is 120 Å². The van der Waals surface area contributed by atoms with Gasteiger partial charge < -0.3 is 9.26 Å². The van der Waals surface area contributed by atoms with Gasteiger partial charge in [-0.15, -0.1) is 0 Å². The molecule has 0 spiro atoms. The molecular weight excluding hydrogens is 252 g/mol. The van der Waals surface area contributed by atoms with E-state index in [-0.39, 0.29) is 0 Å². The summed E-state index contributed by atoms with van der Waals surface area (Å²) >= 11 is 0. The Hall–Kier alpha value is -1.84. The minimum absolute atomic E-state index is 0.522. The van der Waals surface area contributed by atoms with Gasteiger partial charge in [-0.3, -0.25) is 0 Å². The summed E-state index contributed by atoms with van der Waals surface area (Å²) in [4.78, 5) is 4.05. The minimum atomic E-state index is 0.522. The van der Waals surface area contributed by atoms with Crippen LogP contribution >= 0.6 is 0 Å². The predicted molar refractivity (Wildman–Crippen MR) is 78.5 cm³/mol. The van der Waals surface area contributed by atoms with Crippen LogP contribution in [0.15, 0.2) is 35.1 Å². The van der Waals surface area contributed by atoms with Crippen LogP contribution in [0.4, 0.5) is 0 Å². The molecule has 2 aromatic rings. The number of benzene rings is 1. The molecule has 1 atom stereocenters. The molecule has 0 amide bonds. The molecule has 2 rings (SSSR count). The molecule has 0 radical (unpaired) electrons. The van der Waals surface area contributed by atoms with Crippen LogP contribution in [0.5, 0.6) is 5.75 Å². The zero-order valence-corrected chi connectivity index (χ0v) is 12.2. The van der Waals surface area contributed by atoms with Crippen molar-refractivity contribution in [2.75, 3.05) is 6.61 Å². The van der Waals surface area contributed by atoms with E-state index in [0.29, 0.717) is 11.8 Å². The Kier molecular flexibility index (Phi) is 5.59. The molecular formula is C16H22N2O2. The summed E-state index contributed by atoms with van der Waals surface area (Å²) in [6.45, 7) is 5.21. The first-order valence-corrected chi connectivity index (χ1v) is 7.33. The molecule has 0 aliphatic rings. The van der Waals surface area contributed by atoms with Gasteiger partial charge in [0, 0.05) is 5.56 Å². The van der Waals surface area contributed by atoms with E-state index in [0.717, 1.165) is 24.3 Å². The third kappa shape index (κ3) is 4.08. The van der Waals surface area contributed by atoms with Crippen molar-refractivity contribution < 1.29 is 9.26 Å². The van der Waals surface area contributed by atoms with Crippen molar-refractivity contribution in [3.05, 3.63) is 30.6 Å². The summed E-state index contributed by atoms with van der Waals surface area (Å²) < 4.78 is 11.0. The van der Waals surface area contributed by atoms with Crippen molar-refractivity contribution in [2.45, 2.75) is 39.5 Å². The van der Waals surface area contributed by atoms with Gasteiger partial charge >= 0.3 is 0 Å². The van der Waals surface area contributed by atoms with Gasteiger partial charge in [0.15, 0.2) is 6.33 Å². The molecule has 1 aromatic heterocycles. The number of aromatic nitrogens is 2. The first-order valence-electron chi connectivity index (χ1n) is 7.33. The molecule has 0 bridgehead atoms. The Morgan fingerprint density at radius 2 is 2.20 bits per heavy atom. The summed E-state index contributed by atoms with van der Waals surface area (Å²) in [6.07, 6.45) is 6.30. The minimum Gasteiger partial charge on any atom is -0.493 e. The molecule has 20 heavy (non-hydrogen) atoms.